The number of fused-ring (bicyclic) bond motifs is 2. The molecule has 5 aromatic carbocycles. The molecule has 5 rings (SSSR count). The number of hydrogen-bond acceptors (Lipinski definition) is 3. The second kappa shape index (κ2) is 12.4. The largest absolute Gasteiger partial charge is 0.530 e. The topological polar surface area (TPSA) is 27.7 Å². The van der Waals surface area contributed by atoms with E-state index in [9.17, 15) is 4.39 Å². The van der Waals surface area contributed by atoms with Gasteiger partial charge in [-0.25, -0.2) is 4.39 Å². The Kier molecular flexibility index (Phi) is 9.19. The second-order valence-electron chi connectivity index (χ2n) is 16.8. The summed E-state index contributed by atoms with van der Waals surface area (Å²) < 4.78 is 33.9. The van der Waals surface area contributed by atoms with Crippen LogP contribution in [0.25, 0.3) is 21.5 Å². The molecule has 0 N–H and O–H groups in total. The maximum Gasteiger partial charge on any atom is 0.530 e. The second-order valence-corrected chi connectivity index (χ2v) is 17.8. The number of benzene rings is 5. The minimum atomic E-state index is -2.01. The van der Waals surface area contributed by atoms with E-state index in [1.54, 1.807) is 12.1 Å². The summed E-state index contributed by atoms with van der Waals surface area (Å²) >= 11 is 0. The molecule has 0 aliphatic carbocycles. The Morgan fingerprint density at radius 2 is 0.830 bits per heavy atom. The predicted molar refractivity (Wildman–Crippen MR) is 198 cm³/mol. The zero-order valence-corrected chi connectivity index (χ0v) is 31.0. The molecule has 0 aliphatic rings. The molecule has 0 heterocycles. The smallest absolute Gasteiger partial charge is 0.409 e. The van der Waals surface area contributed by atoms with E-state index in [4.69, 9.17) is 13.6 Å². The van der Waals surface area contributed by atoms with Gasteiger partial charge in [-0.3, -0.25) is 0 Å². The molecule has 5 aromatic rings. The molecule has 47 heavy (non-hydrogen) atoms. The standard InChI is InChI=1S/C42H50FO3P/c1-39(2,3)31-15-13-27-25-37(35(41(7,8)9)23-29(27)21-31)45-47(44-34-19-17-33(43)18-20-34)46-38-26-28-14-16-32(40(4,5)6)22-30(28)24-36(38)42(10,11)12/h13-26H,1-12H3. The van der Waals surface area contributed by atoms with Crippen molar-refractivity contribution in [3.63, 3.8) is 0 Å². The average Bonchev–Trinajstić information content (AvgIpc) is 2.95. The monoisotopic (exact) mass is 652 g/mol. The molecular weight excluding hydrogens is 602 g/mol. The van der Waals surface area contributed by atoms with E-state index in [1.165, 1.54) is 34.0 Å². The van der Waals surface area contributed by atoms with Gasteiger partial charge < -0.3 is 13.6 Å². The van der Waals surface area contributed by atoms with E-state index >= 15 is 0 Å². The van der Waals surface area contributed by atoms with E-state index < -0.39 is 8.60 Å². The SMILES string of the molecule is CC(C)(C)c1ccc2cc(OP(Oc3ccc(F)cc3)Oc3cc4ccc(C(C)(C)C)cc4cc3C(C)(C)C)c(C(C)(C)C)cc2c1. The Labute approximate surface area is 282 Å². The molecule has 3 nitrogen and oxygen atoms in total. The summed E-state index contributed by atoms with van der Waals surface area (Å²) in [6.07, 6.45) is 0. The Hall–Kier alpha value is -3.62. The number of halogens is 1. The third-order valence-electron chi connectivity index (χ3n) is 8.56. The van der Waals surface area contributed by atoms with Gasteiger partial charge in [-0.15, -0.1) is 0 Å². The minimum absolute atomic E-state index is 0.0371. The quantitative estimate of drug-likeness (QED) is 0.171. The molecule has 0 aliphatic heterocycles. The van der Waals surface area contributed by atoms with Crippen LogP contribution in [-0.4, -0.2) is 0 Å². The fourth-order valence-electron chi connectivity index (χ4n) is 5.61. The number of hydrogen-bond donors (Lipinski definition) is 0. The first-order valence-corrected chi connectivity index (χ1v) is 17.6. The van der Waals surface area contributed by atoms with E-state index in [0.717, 1.165) is 21.9 Å². The van der Waals surface area contributed by atoms with Crippen LogP contribution in [0.2, 0.25) is 0 Å². The Balaban J connectivity index is 1.63. The van der Waals surface area contributed by atoms with Gasteiger partial charge in [0.1, 0.15) is 23.1 Å². The predicted octanol–water partition coefficient (Wildman–Crippen LogP) is 13.1. The maximum atomic E-state index is 13.9. The average molecular weight is 653 g/mol. The van der Waals surface area contributed by atoms with Crippen LogP contribution in [0.15, 0.2) is 84.9 Å². The fourth-order valence-corrected chi connectivity index (χ4v) is 6.64. The molecule has 0 bridgehead atoms. The summed E-state index contributed by atoms with van der Waals surface area (Å²) in [5.41, 5.74) is 4.31. The lowest BCUT2D eigenvalue weighted by molar-refractivity contribution is 0.377. The van der Waals surface area contributed by atoms with Crippen LogP contribution in [0, 0.1) is 5.82 Å². The van der Waals surface area contributed by atoms with Gasteiger partial charge in [0, 0.05) is 11.1 Å². The highest BCUT2D eigenvalue weighted by molar-refractivity contribution is 7.43. The van der Waals surface area contributed by atoms with Crippen LogP contribution in [0.4, 0.5) is 4.39 Å². The van der Waals surface area contributed by atoms with Crippen LogP contribution >= 0.6 is 8.60 Å². The Bertz CT molecular complexity index is 1780. The van der Waals surface area contributed by atoms with Gasteiger partial charge in [0.2, 0.25) is 0 Å². The molecule has 0 atom stereocenters. The highest BCUT2D eigenvalue weighted by Gasteiger charge is 2.30. The van der Waals surface area contributed by atoms with Gasteiger partial charge in [0.05, 0.1) is 0 Å². The molecule has 5 heteroatoms. The molecule has 0 spiro atoms. The molecular formula is C42H50FO3P. The summed E-state index contributed by atoms with van der Waals surface area (Å²) in [5.74, 6) is 1.55. The van der Waals surface area contributed by atoms with Gasteiger partial charge in [0.25, 0.3) is 0 Å². The molecule has 0 fully saturated rings. The van der Waals surface area contributed by atoms with Crippen molar-refractivity contribution in [3.8, 4) is 17.2 Å². The fraction of sp³-hybridized carbons (Fsp3) is 0.381. The Morgan fingerprint density at radius 3 is 1.19 bits per heavy atom. The summed E-state index contributed by atoms with van der Waals surface area (Å²) in [7, 11) is -2.01. The van der Waals surface area contributed by atoms with Crippen molar-refractivity contribution in [2.75, 3.05) is 0 Å². The summed E-state index contributed by atoms with van der Waals surface area (Å²) in [6.45, 7) is 26.5. The molecule has 0 unspecified atom stereocenters. The lowest BCUT2D eigenvalue weighted by atomic mass is 9.83. The molecule has 0 saturated carbocycles. The number of rotatable bonds is 6. The van der Waals surface area contributed by atoms with Crippen LogP contribution < -0.4 is 13.6 Å². The van der Waals surface area contributed by atoms with Crippen molar-refractivity contribution in [2.45, 2.75) is 105 Å². The van der Waals surface area contributed by atoms with Crippen molar-refractivity contribution in [1.82, 2.24) is 0 Å². The van der Waals surface area contributed by atoms with Crippen molar-refractivity contribution in [3.05, 3.63) is 113 Å². The van der Waals surface area contributed by atoms with Gasteiger partial charge in [-0.05, 0) is 103 Å². The van der Waals surface area contributed by atoms with Crippen LogP contribution in [0.3, 0.4) is 0 Å². The first-order chi connectivity index (χ1) is 21.7. The van der Waals surface area contributed by atoms with E-state index in [2.05, 4.69) is 144 Å². The molecule has 0 saturated heterocycles. The summed E-state index contributed by atoms with van der Waals surface area (Å²) in [5, 5.41) is 4.49. The van der Waals surface area contributed by atoms with Crippen molar-refractivity contribution in [2.24, 2.45) is 0 Å². The van der Waals surface area contributed by atoms with Crippen molar-refractivity contribution < 1.29 is 18.0 Å². The van der Waals surface area contributed by atoms with E-state index in [-0.39, 0.29) is 27.5 Å². The molecule has 0 amide bonds. The zero-order valence-electron chi connectivity index (χ0n) is 30.1. The van der Waals surface area contributed by atoms with Crippen molar-refractivity contribution in [1.29, 1.82) is 0 Å². The first kappa shape index (κ1) is 34.7. The Morgan fingerprint density at radius 1 is 0.426 bits per heavy atom. The van der Waals surface area contributed by atoms with Crippen LogP contribution in [-0.2, 0) is 21.7 Å². The molecule has 0 aromatic heterocycles. The van der Waals surface area contributed by atoms with Gasteiger partial charge in [-0.1, -0.05) is 119 Å². The third-order valence-corrected chi connectivity index (χ3v) is 9.62. The van der Waals surface area contributed by atoms with Crippen LogP contribution in [0.1, 0.15) is 105 Å². The van der Waals surface area contributed by atoms with Gasteiger partial charge in [-0.2, -0.15) is 0 Å². The molecule has 0 radical (unpaired) electrons. The molecule has 248 valence electrons. The highest BCUT2D eigenvalue weighted by Crippen LogP contribution is 2.49. The third kappa shape index (κ3) is 8.10. The lowest BCUT2D eigenvalue weighted by Gasteiger charge is -2.28. The normalized spacial score (nSPS) is 13.0. The van der Waals surface area contributed by atoms with Gasteiger partial charge >= 0.3 is 8.60 Å². The van der Waals surface area contributed by atoms with Crippen molar-refractivity contribution >= 4 is 30.1 Å². The van der Waals surface area contributed by atoms with E-state index in [0.29, 0.717) is 17.2 Å². The minimum Gasteiger partial charge on any atom is -0.409 e. The van der Waals surface area contributed by atoms with Crippen LogP contribution in [0.5, 0.6) is 17.2 Å². The highest BCUT2D eigenvalue weighted by atomic mass is 31.2. The van der Waals surface area contributed by atoms with Gasteiger partial charge in [0.15, 0.2) is 0 Å². The van der Waals surface area contributed by atoms with E-state index in [1.807, 2.05) is 0 Å². The lowest BCUT2D eigenvalue weighted by Crippen LogP contribution is -2.16. The summed E-state index contributed by atoms with van der Waals surface area (Å²) in [6, 6.07) is 27.9. The maximum absolute atomic E-state index is 13.9. The summed E-state index contributed by atoms with van der Waals surface area (Å²) in [4.78, 5) is 0. The first-order valence-electron chi connectivity index (χ1n) is 16.5. The zero-order chi connectivity index (χ0) is 34.5.